The van der Waals surface area contributed by atoms with Crippen molar-refractivity contribution in [2.24, 2.45) is 0 Å². The van der Waals surface area contributed by atoms with Gasteiger partial charge in [0.15, 0.2) is 0 Å². The van der Waals surface area contributed by atoms with Gasteiger partial charge in [0.1, 0.15) is 0 Å². The molecule has 2 nitrogen and oxygen atoms in total. The Bertz CT molecular complexity index is 124. The highest BCUT2D eigenvalue weighted by atomic mass is 15.3. The van der Waals surface area contributed by atoms with Crippen molar-refractivity contribution in [2.75, 3.05) is 14.0 Å². The Morgan fingerprint density at radius 2 is 1.88 bits per heavy atom. The fourth-order valence-corrected chi connectivity index (χ4v) is 0.611. The first-order valence-electron chi connectivity index (χ1n) is 3.99. The molecule has 0 saturated heterocycles. The van der Waals surface area contributed by atoms with Crippen LogP contribution in [0.25, 0.3) is 0 Å². The molecular weight excluding hydrogens is 100 g/mol. The molecule has 0 fully saturated rings. The minimum atomic E-state index is 0.190. The number of hydrogen-bond acceptors (Lipinski definition) is 2. The van der Waals surface area contributed by atoms with Crippen molar-refractivity contribution in [3.8, 4) is 0 Å². The smallest absolute Gasteiger partial charge is 0.0971 e. The predicted molar refractivity (Wildman–Crippen MR) is 34.1 cm³/mol. The van der Waals surface area contributed by atoms with Crippen LogP contribution >= 0.6 is 0 Å². The van der Waals surface area contributed by atoms with Gasteiger partial charge in [-0.25, -0.2) is 0 Å². The van der Waals surface area contributed by atoms with Crippen LogP contribution < -0.4 is 0 Å². The van der Waals surface area contributed by atoms with Crippen molar-refractivity contribution in [2.45, 2.75) is 13.1 Å². The molecule has 0 saturated carbocycles. The molecule has 0 unspecified atom stereocenters. The Hall–Kier alpha value is -0.660. The summed E-state index contributed by atoms with van der Waals surface area (Å²) >= 11 is 0. The van der Waals surface area contributed by atoms with Crippen LogP contribution in [0.5, 0.6) is 0 Å². The molecule has 0 spiro atoms. The summed E-state index contributed by atoms with van der Waals surface area (Å²) in [5.41, 5.74) is 0. The van der Waals surface area contributed by atoms with Crippen LogP contribution in [0.15, 0.2) is 12.4 Å². The van der Waals surface area contributed by atoms with E-state index in [-0.39, 0.29) is 20.2 Å². The lowest BCUT2D eigenvalue weighted by atomic mass is 10.5. The molecule has 0 amide bonds. The van der Waals surface area contributed by atoms with E-state index in [1.807, 2.05) is 29.1 Å². The Morgan fingerprint density at radius 1 is 1.38 bits per heavy atom. The van der Waals surface area contributed by atoms with Crippen LogP contribution in [-0.2, 0) is 0 Å². The van der Waals surface area contributed by atoms with E-state index >= 15 is 0 Å². The third-order valence-corrected chi connectivity index (χ3v) is 1.41. The number of hydrogen-bond donors (Lipinski definition) is 0. The molecule has 8 heavy (non-hydrogen) atoms. The highest BCUT2D eigenvalue weighted by Gasteiger charge is 2.12. The largest absolute Gasteiger partial charge is 0.359 e. The fraction of sp³-hybridized carbons (Fsp3) is 0.667. The molecule has 46 valence electrons. The van der Waals surface area contributed by atoms with E-state index in [4.69, 9.17) is 2.74 Å². The molecule has 0 aromatic rings. The zero-order chi connectivity index (χ0) is 7.56. The van der Waals surface area contributed by atoms with Gasteiger partial charge < -0.3 is 9.80 Å². The number of nitrogens with zero attached hydrogens (tertiary/aromatic N) is 2. The Labute approximate surface area is 53.2 Å². The highest BCUT2D eigenvalue weighted by Crippen LogP contribution is 2.08. The maximum absolute atomic E-state index is 7.08. The monoisotopic (exact) mass is 114 g/mol. The maximum atomic E-state index is 7.08. The predicted octanol–water partition coefficient (Wildman–Crippen LogP) is 0.681. The third kappa shape index (κ3) is 0.661. The van der Waals surface area contributed by atoms with E-state index in [0.717, 1.165) is 0 Å². The zero-order valence-corrected chi connectivity index (χ0v) is 5.04. The molecule has 1 rings (SSSR count). The molecule has 1 aliphatic heterocycles. The second kappa shape index (κ2) is 1.69. The Kier molecular flexibility index (Phi) is 0.715. The summed E-state index contributed by atoms with van der Waals surface area (Å²) in [5.74, 6) is 0. The molecule has 0 N–H and O–H groups in total. The van der Waals surface area contributed by atoms with Gasteiger partial charge in [-0.1, -0.05) is 0 Å². The zero-order valence-electron chi connectivity index (χ0n) is 7.04. The first-order chi connectivity index (χ1) is 4.79. The van der Waals surface area contributed by atoms with Crippen LogP contribution in [0.2, 0.25) is 0 Å². The average molecular weight is 114 g/mol. The van der Waals surface area contributed by atoms with E-state index in [9.17, 15) is 0 Å². The van der Waals surface area contributed by atoms with E-state index in [2.05, 4.69) is 0 Å². The maximum Gasteiger partial charge on any atom is 0.0971 e. The molecular formula is C6H12N2. The summed E-state index contributed by atoms with van der Waals surface area (Å²) in [6.07, 6.45) is 3.90. The van der Waals surface area contributed by atoms with Gasteiger partial charge in [-0.3, -0.25) is 0 Å². The second-order valence-corrected chi connectivity index (χ2v) is 1.96. The van der Waals surface area contributed by atoms with Gasteiger partial charge in [-0.15, -0.1) is 0 Å². The van der Waals surface area contributed by atoms with Crippen LogP contribution in [0.1, 0.15) is 9.67 Å². The average Bonchev–Trinajstić information content (AvgIpc) is 2.30. The minimum Gasteiger partial charge on any atom is -0.359 e. The molecule has 1 aliphatic rings. The van der Waals surface area contributed by atoms with Crippen molar-refractivity contribution in [3.05, 3.63) is 12.4 Å². The normalized spacial score (nSPS) is 24.1. The third-order valence-electron chi connectivity index (χ3n) is 1.41. The summed E-state index contributed by atoms with van der Waals surface area (Å²) in [5, 5.41) is 0. The molecule has 0 radical (unpaired) electrons. The highest BCUT2D eigenvalue weighted by molar-refractivity contribution is 4.91. The Balaban J connectivity index is 2.49. The lowest BCUT2D eigenvalue weighted by Crippen LogP contribution is -2.30. The van der Waals surface area contributed by atoms with Crippen molar-refractivity contribution in [1.82, 2.24) is 9.80 Å². The van der Waals surface area contributed by atoms with Crippen LogP contribution in [0.3, 0.4) is 0 Å². The summed E-state index contributed by atoms with van der Waals surface area (Å²) in [6, 6.07) is 0. The molecule has 0 aromatic carbocycles. The molecule has 1 heterocycles. The molecule has 0 aromatic heterocycles. The minimum absolute atomic E-state index is 0.190. The van der Waals surface area contributed by atoms with E-state index < -0.39 is 0 Å². The van der Waals surface area contributed by atoms with Gasteiger partial charge in [0.25, 0.3) is 0 Å². The first-order valence-corrected chi connectivity index (χ1v) is 2.58. The van der Waals surface area contributed by atoms with Crippen molar-refractivity contribution >= 4 is 0 Å². The standard InChI is InChI=1S/C6H12N2/c1-6-7(2)4-5-8(6)3/h4-6H,1-3H3/i2D,3D. The quantitative estimate of drug-likeness (QED) is 0.457. The van der Waals surface area contributed by atoms with E-state index in [1.165, 1.54) is 0 Å². The molecule has 0 bridgehead atoms. The van der Waals surface area contributed by atoms with Crippen molar-refractivity contribution in [3.63, 3.8) is 0 Å². The summed E-state index contributed by atoms with van der Waals surface area (Å²) in [4.78, 5) is 3.74. The molecule has 0 atom stereocenters. The topological polar surface area (TPSA) is 6.48 Å². The van der Waals surface area contributed by atoms with Crippen molar-refractivity contribution in [1.29, 1.82) is 0 Å². The number of rotatable bonds is 0. The second-order valence-electron chi connectivity index (χ2n) is 1.96. The van der Waals surface area contributed by atoms with Crippen molar-refractivity contribution < 1.29 is 2.74 Å². The van der Waals surface area contributed by atoms with E-state index in [1.54, 1.807) is 0 Å². The summed E-state index contributed by atoms with van der Waals surface area (Å²) in [7, 11) is 0.544. The SMILES string of the molecule is [2H]CN1C=CN(C[2H])C1C. The van der Waals surface area contributed by atoms with Gasteiger partial charge >= 0.3 is 0 Å². The van der Waals surface area contributed by atoms with Crippen LogP contribution in [0.4, 0.5) is 0 Å². The fourth-order valence-electron chi connectivity index (χ4n) is 0.611. The molecule has 0 aliphatic carbocycles. The van der Waals surface area contributed by atoms with E-state index in [0.29, 0.717) is 0 Å². The van der Waals surface area contributed by atoms with Gasteiger partial charge in [0.2, 0.25) is 0 Å². The summed E-state index contributed by atoms with van der Waals surface area (Å²) in [6.45, 7) is 1.99. The van der Waals surface area contributed by atoms with Crippen LogP contribution in [-0.4, -0.2) is 30.0 Å². The van der Waals surface area contributed by atoms with Gasteiger partial charge in [-0.2, -0.15) is 0 Å². The Morgan fingerprint density at radius 3 is 2.12 bits per heavy atom. The van der Waals surface area contributed by atoms with Gasteiger partial charge in [0, 0.05) is 29.2 Å². The van der Waals surface area contributed by atoms with Gasteiger partial charge in [-0.05, 0) is 6.92 Å². The van der Waals surface area contributed by atoms with Gasteiger partial charge in [0.05, 0.1) is 6.17 Å². The lowest BCUT2D eigenvalue weighted by Gasteiger charge is -2.22. The molecule has 2 heteroatoms. The lowest BCUT2D eigenvalue weighted by molar-refractivity contribution is 0.226. The first kappa shape index (κ1) is 3.38. The summed E-state index contributed by atoms with van der Waals surface area (Å²) < 4.78 is 14.2. The van der Waals surface area contributed by atoms with Crippen LogP contribution in [0, 0.1) is 0 Å².